The van der Waals surface area contributed by atoms with Gasteiger partial charge in [-0.2, -0.15) is 0 Å². The maximum Gasteiger partial charge on any atom is 1.00 e. The molecule has 7 heteroatoms. The average Bonchev–Trinajstić information content (AvgIpc) is 2.93. The second-order valence-electron chi connectivity index (χ2n) is 12.2. The summed E-state index contributed by atoms with van der Waals surface area (Å²) in [4.78, 5) is 20.7. The third kappa shape index (κ3) is 58.2. The summed E-state index contributed by atoms with van der Waals surface area (Å²) >= 11 is 0. The Morgan fingerprint density at radius 1 is 0.349 bits per heavy atom. The van der Waals surface area contributed by atoms with Crippen molar-refractivity contribution in [2.45, 2.75) is 219 Å². The molecule has 0 atom stereocenters. The van der Waals surface area contributed by atoms with E-state index in [1.54, 1.807) is 0 Å². The molecule has 0 heterocycles. The van der Waals surface area contributed by atoms with E-state index in [0.29, 0.717) is 12.8 Å². The Labute approximate surface area is 294 Å². The van der Waals surface area contributed by atoms with Crippen LogP contribution < -0.4 is 37.7 Å². The minimum absolute atomic E-state index is 0. The molecule has 0 aliphatic carbocycles. The van der Waals surface area contributed by atoms with Crippen molar-refractivity contribution >= 4 is 11.9 Å². The number of carboxylic acids is 2. The van der Waals surface area contributed by atoms with E-state index in [1.807, 2.05) is 0 Å². The van der Waals surface area contributed by atoms with Gasteiger partial charge in [0.15, 0.2) is 0 Å². The number of unbranched alkanes of at least 4 members (excludes halogenated alkanes) is 28. The van der Waals surface area contributed by atoms with Gasteiger partial charge in [-0.05, 0) is 12.8 Å². The Morgan fingerprint density at radius 2 is 0.488 bits per heavy atom. The first kappa shape index (κ1) is 52.6. The molecule has 0 saturated carbocycles. The molecule has 0 aromatic rings. The SMILES string of the molecule is CCCCCCCCCCCCCCCCCC(=O)O.CCCCCCCCCCCCCCCCCC(=O)O.[H-].[Li+].[Li+].[OH-]. The summed E-state index contributed by atoms with van der Waals surface area (Å²) in [5.41, 5.74) is 0. The summed E-state index contributed by atoms with van der Waals surface area (Å²) < 4.78 is 0. The number of carboxylic acid groups (broad SMARTS) is 2. The van der Waals surface area contributed by atoms with E-state index < -0.39 is 11.9 Å². The number of carbonyl (C=O) groups is 2. The van der Waals surface area contributed by atoms with E-state index in [-0.39, 0.29) is 44.6 Å². The molecule has 0 unspecified atom stereocenters. The Kier molecular flexibility index (Phi) is 59.9. The smallest absolute Gasteiger partial charge is 1.00 e. The molecule has 43 heavy (non-hydrogen) atoms. The zero-order valence-electron chi connectivity index (χ0n) is 30.8. The summed E-state index contributed by atoms with van der Waals surface area (Å²) in [5.74, 6) is -1.31. The van der Waals surface area contributed by atoms with Crippen molar-refractivity contribution in [1.82, 2.24) is 0 Å². The third-order valence-corrected chi connectivity index (χ3v) is 7.99. The fraction of sp³-hybridized carbons (Fsp3) is 0.944. The Balaban J connectivity index is -0.000000150. The number of rotatable bonds is 32. The van der Waals surface area contributed by atoms with Gasteiger partial charge in [-0.3, -0.25) is 9.59 Å². The van der Waals surface area contributed by atoms with Gasteiger partial charge in [-0.15, -0.1) is 0 Å². The van der Waals surface area contributed by atoms with Gasteiger partial charge in [0.05, 0.1) is 0 Å². The predicted molar refractivity (Wildman–Crippen MR) is 177 cm³/mol. The molecule has 250 valence electrons. The Bertz CT molecular complexity index is 469. The summed E-state index contributed by atoms with van der Waals surface area (Å²) in [7, 11) is 0. The maximum absolute atomic E-state index is 10.3. The zero-order chi connectivity index (χ0) is 29.8. The summed E-state index contributed by atoms with van der Waals surface area (Å²) in [5, 5.41) is 17.0. The molecule has 0 aromatic carbocycles. The van der Waals surface area contributed by atoms with Crippen LogP contribution in [0.25, 0.3) is 0 Å². The number of hydrogen-bond acceptors (Lipinski definition) is 3. The molecule has 0 radical (unpaired) electrons. The van der Waals surface area contributed by atoms with Crippen molar-refractivity contribution in [3.8, 4) is 0 Å². The summed E-state index contributed by atoms with van der Waals surface area (Å²) in [6, 6.07) is 0. The van der Waals surface area contributed by atoms with Gasteiger partial charge in [-0.25, -0.2) is 0 Å². The molecule has 0 fully saturated rings. The minimum Gasteiger partial charge on any atom is -1.00 e. The van der Waals surface area contributed by atoms with Gasteiger partial charge < -0.3 is 17.1 Å². The Morgan fingerprint density at radius 3 is 0.628 bits per heavy atom. The third-order valence-electron chi connectivity index (χ3n) is 7.99. The minimum atomic E-state index is -0.653. The van der Waals surface area contributed by atoms with E-state index in [1.165, 1.54) is 167 Å². The van der Waals surface area contributed by atoms with Crippen molar-refractivity contribution in [1.29, 1.82) is 0 Å². The van der Waals surface area contributed by atoms with Crippen molar-refractivity contribution in [2.75, 3.05) is 0 Å². The number of hydrogen-bond donors (Lipinski definition) is 2. The zero-order valence-corrected chi connectivity index (χ0v) is 29.8. The van der Waals surface area contributed by atoms with E-state index >= 15 is 0 Å². The normalized spacial score (nSPS) is 10.1. The van der Waals surface area contributed by atoms with Gasteiger partial charge in [0.25, 0.3) is 0 Å². The quantitative estimate of drug-likeness (QED) is 0.0668. The fourth-order valence-electron chi connectivity index (χ4n) is 5.30. The second kappa shape index (κ2) is 49.0. The van der Waals surface area contributed by atoms with Crippen LogP contribution >= 0.6 is 0 Å². The van der Waals surface area contributed by atoms with Gasteiger partial charge >= 0.3 is 49.7 Å². The van der Waals surface area contributed by atoms with Gasteiger partial charge in [-0.1, -0.05) is 194 Å². The second-order valence-corrected chi connectivity index (χ2v) is 12.2. The van der Waals surface area contributed by atoms with Crippen LogP contribution in [-0.4, -0.2) is 27.6 Å². The first-order valence-electron chi connectivity index (χ1n) is 18.0. The molecule has 0 amide bonds. The monoisotopic (exact) mass is 601 g/mol. The van der Waals surface area contributed by atoms with E-state index in [2.05, 4.69) is 13.8 Å². The standard InChI is InChI=1S/2C18H36O2.2Li.H2O.H/c2*1-2-3-4-5-6-7-8-9-10-11-12-13-14-15-16-17-18(19)20;;;;/h2*2-17H2,1H3,(H,19,20);;;1H2;/q;;2*+1;;-1/p-1. The topological polar surface area (TPSA) is 105 Å². The maximum atomic E-state index is 10.3. The van der Waals surface area contributed by atoms with Crippen LogP contribution in [-0.2, 0) is 9.59 Å². The molecule has 0 spiro atoms. The molecule has 0 aliphatic heterocycles. The Hall–Kier alpha value is 0.0948. The van der Waals surface area contributed by atoms with Crippen LogP contribution in [0.2, 0.25) is 0 Å². The summed E-state index contributed by atoms with van der Waals surface area (Å²) in [6.45, 7) is 4.54. The molecule has 0 aromatic heterocycles. The molecular formula is C36H74Li2O5. The van der Waals surface area contributed by atoms with Crippen molar-refractivity contribution in [3.05, 3.63) is 0 Å². The van der Waals surface area contributed by atoms with Gasteiger partial charge in [0.2, 0.25) is 0 Å². The largest absolute Gasteiger partial charge is 1.00 e. The fourth-order valence-corrected chi connectivity index (χ4v) is 5.30. The molecule has 5 nitrogen and oxygen atoms in total. The first-order valence-corrected chi connectivity index (χ1v) is 18.0. The van der Waals surface area contributed by atoms with Crippen LogP contribution in [0, 0.1) is 0 Å². The van der Waals surface area contributed by atoms with E-state index in [9.17, 15) is 9.59 Å². The van der Waals surface area contributed by atoms with E-state index in [4.69, 9.17) is 10.2 Å². The number of aliphatic carboxylic acids is 2. The first-order chi connectivity index (χ1) is 19.5. The molecule has 0 saturated heterocycles. The molecular weight excluding hydrogens is 526 g/mol. The van der Waals surface area contributed by atoms with Crippen molar-refractivity contribution < 1.29 is 64.4 Å². The molecule has 0 rings (SSSR count). The van der Waals surface area contributed by atoms with Gasteiger partial charge in [0.1, 0.15) is 0 Å². The van der Waals surface area contributed by atoms with Crippen LogP contribution in [0.4, 0.5) is 0 Å². The van der Waals surface area contributed by atoms with Crippen LogP contribution in [0.15, 0.2) is 0 Å². The van der Waals surface area contributed by atoms with Crippen LogP contribution in [0.1, 0.15) is 221 Å². The van der Waals surface area contributed by atoms with Crippen LogP contribution in [0.5, 0.6) is 0 Å². The molecule has 0 bridgehead atoms. The summed E-state index contributed by atoms with van der Waals surface area (Å²) in [6.07, 6.45) is 40.4. The van der Waals surface area contributed by atoms with Gasteiger partial charge in [0, 0.05) is 12.8 Å². The average molecular weight is 601 g/mol. The molecule has 0 aliphatic rings. The van der Waals surface area contributed by atoms with Crippen molar-refractivity contribution in [3.63, 3.8) is 0 Å². The van der Waals surface area contributed by atoms with E-state index in [0.717, 1.165) is 25.7 Å². The van der Waals surface area contributed by atoms with Crippen LogP contribution in [0.3, 0.4) is 0 Å². The molecule has 3 N–H and O–H groups in total. The van der Waals surface area contributed by atoms with Crippen molar-refractivity contribution in [2.24, 2.45) is 0 Å². The predicted octanol–water partition coefficient (Wildman–Crippen LogP) is 6.61.